The van der Waals surface area contributed by atoms with E-state index in [0.717, 1.165) is 0 Å². The second-order valence-corrected chi connectivity index (χ2v) is 7.03. The average Bonchev–Trinajstić information content (AvgIpc) is 2.86. The molecule has 0 fully saturated rings. The Hall–Kier alpha value is -4.33. The van der Waals surface area contributed by atoms with Crippen molar-refractivity contribution in [3.05, 3.63) is 96.1 Å². The van der Waals surface area contributed by atoms with E-state index in [1.165, 1.54) is 0 Å². The van der Waals surface area contributed by atoms with Gasteiger partial charge in [0.2, 0.25) is 6.10 Å². The number of amides is 3. The van der Waals surface area contributed by atoms with Gasteiger partial charge in [-0.25, -0.2) is 0 Å². The number of rotatable bonds is 5. The summed E-state index contributed by atoms with van der Waals surface area (Å²) in [6.45, 7) is 0.00553. The van der Waals surface area contributed by atoms with Crippen molar-refractivity contribution in [3.8, 4) is 11.5 Å². The molecule has 0 bridgehead atoms. The summed E-state index contributed by atoms with van der Waals surface area (Å²) >= 11 is 0. The number of hydrogen-bond acceptors (Lipinski definition) is 5. The van der Waals surface area contributed by atoms with E-state index in [1.54, 1.807) is 84.9 Å². The van der Waals surface area contributed by atoms with Crippen LogP contribution in [0, 0.1) is 0 Å². The van der Waals surface area contributed by atoms with Crippen molar-refractivity contribution in [3.63, 3.8) is 0 Å². The molecule has 1 aliphatic rings. The lowest BCUT2D eigenvalue weighted by atomic mass is 10.1. The highest BCUT2D eigenvalue weighted by Crippen LogP contribution is 2.30. The minimum atomic E-state index is -1.02. The van der Waals surface area contributed by atoms with Crippen LogP contribution in [0.25, 0.3) is 0 Å². The predicted octanol–water partition coefficient (Wildman–Crippen LogP) is 2.15. The zero-order valence-electron chi connectivity index (χ0n) is 17.0. The second kappa shape index (κ2) is 9.65. The van der Waals surface area contributed by atoms with Crippen LogP contribution in [0.2, 0.25) is 0 Å². The third-order valence-corrected chi connectivity index (χ3v) is 4.82. The van der Waals surface area contributed by atoms with Crippen molar-refractivity contribution in [2.75, 3.05) is 6.61 Å². The number of fused-ring (bicyclic) bond motifs is 1. The lowest BCUT2D eigenvalue weighted by Crippen LogP contribution is -2.53. The Balaban J connectivity index is 1.41. The highest BCUT2D eigenvalue weighted by Gasteiger charge is 2.29. The Morgan fingerprint density at radius 1 is 0.781 bits per heavy atom. The van der Waals surface area contributed by atoms with Crippen molar-refractivity contribution in [1.29, 1.82) is 0 Å². The molecule has 162 valence electrons. The molecule has 0 saturated heterocycles. The van der Waals surface area contributed by atoms with E-state index in [1.807, 2.05) is 0 Å². The van der Waals surface area contributed by atoms with Gasteiger partial charge in [0.1, 0.15) is 12.6 Å². The molecular formula is C24H21N3O5. The summed E-state index contributed by atoms with van der Waals surface area (Å²) in [6, 6.07) is 23.3. The molecule has 1 aliphatic heterocycles. The first-order valence-electron chi connectivity index (χ1n) is 10.0. The normalized spacial score (nSPS) is 15.2. The van der Waals surface area contributed by atoms with E-state index in [-0.39, 0.29) is 6.61 Å². The van der Waals surface area contributed by atoms with Crippen molar-refractivity contribution in [1.82, 2.24) is 16.2 Å². The Morgan fingerprint density at radius 3 is 2.12 bits per heavy atom. The molecular weight excluding hydrogens is 410 g/mol. The van der Waals surface area contributed by atoms with Crippen LogP contribution in [0.15, 0.2) is 84.9 Å². The van der Waals surface area contributed by atoms with Gasteiger partial charge in [0.25, 0.3) is 17.7 Å². The second-order valence-electron chi connectivity index (χ2n) is 7.03. The molecule has 0 aromatic heterocycles. The Bertz CT molecular complexity index is 1100. The summed E-state index contributed by atoms with van der Waals surface area (Å²) in [5.41, 5.74) is 5.70. The smallest absolute Gasteiger partial charge is 0.283 e. The highest BCUT2D eigenvalue weighted by atomic mass is 16.6. The number of carbonyl (C=O) groups excluding carboxylic acids is 3. The Labute approximate surface area is 184 Å². The maximum Gasteiger partial charge on any atom is 0.283 e. The van der Waals surface area contributed by atoms with Crippen LogP contribution in [0.1, 0.15) is 22.0 Å². The predicted molar refractivity (Wildman–Crippen MR) is 116 cm³/mol. The molecule has 0 spiro atoms. The van der Waals surface area contributed by atoms with Gasteiger partial charge in [-0.3, -0.25) is 25.2 Å². The summed E-state index contributed by atoms with van der Waals surface area (Å²) in [7, 11) is 0. The van der Waals surface area contributed by atoms with Crippen LogP contribution in [-0.2, 0) is 9.59 Å². The number of hydrazine groups is 1. The number of carbonyl (C=O) groups is 3. The largest absolute Gasteiger partial charge is 0.485 e. The van der Waals surface area contributed by atoms with E-state index in [4.69, 9.17) is 9.47 Å². The van der Waals surface area contributed by atoms with Gasteiger partial charge in [-0.2, -0.15) is 0 Å². The van der Waals surface area contributed by atoms with Gasteiger partial charge in [-0.05, 0) is 29.8 Å². The fraction of sp³-hybridized carbons (Fsp3) is 0.125. The molecule has 8 heteroatoms. The number of nitrogens with one attached hydrogen (secondary N) is 3. The van der Waals surface area contributed by atoms with Crippen LogP contribution in [0.5, 0.6) is 11.5 Å². The maximum absolute atomic E-state index is 12.9. The maximum atomic E-state index is 12.9. The van der Waals surface area contributed by atoms with Crippen molar-refractivity contribution >= 4 is 17.7 Å². The fourth-order valence-electron chi connectivity index (χ4n) is 3.17. The minimum absolute atomic E-state index is 0.00553. The number of para-hydroxylation sites is 2. The van der Waals surface area contributed by atoms with Gasteiger partial charge in [0.15, 0.2) is 11.5 Å². The van der Waals surface area contributed by atoms with Crippen LogP contribution in [0.3, 0.4) is 0 Å². The molecule has 0 radical (unpaired) electrons. The Kier molecular flexibility index (Phi) is 6.31. The third-order valence-electron chi connectivity index (χ3n) is 4.82. The first kappa shape index (κ1) is 20.9. The first-order valence-corrected chi connectivity index (χ1v) is 10.0. The topological polar surface area (TPSA) is 106 Å². The molecule has 3 N–H and O–H groups in total. The molecule has 0 saturated carbocycles. The van der Waals surface area contributed by atoms with Gasteiger partial charge in [-0.1, -0.05) is 60.7 Å². The minimum Gasteiger partial charge on any atom is -0.485 e. The van der Waals surface area contributed by atoms with Gasteiger partial charge in [0.05, 0.1) is 0 Å². The fourth-order valence-corrected chi connectivity index (χ4v) is 3.17. The van der Waals surface area contributed by atoms with Crippen LogP contribution in [-0.4, -0.2) is 30.4 Å². The van der Waals surface area contributed by atoms with E-state index in [2.05, 4.69) is 16.2 Å². The van der Waals surface area contributed by atoms with Crippen LogP contribution < -0.4 is 25.6 Å². The monoisotopic (exact) mass is 431 g/mol. The summed E-state index contributed by atoms with van der Waals surface area (Å²) in [6.07, 6.45) is -0.931. The summed E-state index contributed by atoms with van der Waals surface area (Å²) in [5.74, 6) is -0.600. The summed E-state index contributed by atoms with van der Waals surface area (Å²) < 4.78 is 11.2. The SMILES string of the molecule is O=C(NC(C(=O)NNC(=O)C1COc2ccccc2O1)c1ccccc1)c1ccccc1. The molecule has 1 heterocycles. The Morgan fingerprint density at radius 2 is 1.41 bits per heavy atom. The van der Waals surface area contributed by atoms with Crippen molar-refractivity contribution in [2.24, 2.45) is 0 Å². The first-order chi connectivity index (χ1) is 15.6. The number of ether oxygens (including phenoxy) is 2. The van der Waals surface area contributed by atoms with Gasteiger partial charge in [0, 0.05) is 5.56 Å². The number of hydrogen-bond donors (Lipinski definition) is 3. The molecule has 3 aromatic rings. The van der Waals surface area contributed by atoms with E-state index in [0.29, 0.717) is 22.6 Å². The highest BCUT2D eigenvalue weighted by molar-refractivity contribution is 5.98. The van der Waals surface area contributed by atoms with Gasteiger partial charge >= 0.3 is 0 Å². The lowest BCUT2D eigenvalue weighted by Gasteiger charge is -2.26. The zero-order chi connectivity index (χ0) is 22.3. The average molecular weight is 431 g/mol. The third kappa shape index (κ3) is 4.86. The standard InChI is InChI=1S/C24H21N3O5/c28-22(17-11-5-2-6-12-17)25-21(16-9-3-1-4-10-16)24(30)27-26-23(29)20-15-31-18-13-7-8-14-19(18)32-20/h1-14,20-21H,15H2,(H,25,28)(H,26,29)(H,27,30). The molecule has 2 unspecified atom stereocenters. The molecule has 8 nitrogen and oxygen atoms in total. The van der Waals surface area contributed by atoms with Crippen LogP contribution in [0.4, 0.5) is 0 Å². The zero-order valence-corrected chi connectivity index (χ0v) is 17.0. The van der Waals surface area contributed by atoms with E-state index in [9.17, 15) is 14.4 Å². The summed E-state index contributed by atoms with van der Waals surface area (Å²) in [5, 5.41) is 2.71. The van der Waals surface area contributed by atoms with Crippen LogP contribution >= 0.6 is 0 Å². The molecule has 0 aliphatic carbocycles. The summed E-state index contributed by atoms with van der Waals surface area (Å²) in [4.78, 5) is 38.0. The van der Waals surface area contributed by atoms with Crippen molar-refractivity contribution < 1.29 is 23.9 Å². The lowest BCUT2D eigenvalue weighted by molar-refractivity contribution is -0.135. The van der Waals surface area contributed by atoms with Gasteiger partial charge in [-0.15, -0.1) is 0 Å². The number of benzene rings is 3. The van der Waals surface area contributed by atoms with Crippen molar-refractivity contribution in [2.45, 2.75) is 12.1 Å². The quantitative estimate of drug-likeness (QED) is 0.537. The van der Waals surface area contributed by atoms with E-state index < -0.39 is 29.9 Å². The molecule has 3 aromatic carbocycles. The molecule has 3 amide bonds. The molecule has 32 heavy (non-hydrogen) atoms. The molecule has 4 rings (SSSR count). The van der Waals surface area contributed by atoms with Gasteiger partial charge < -0.3 is 14.8 Å². The molecule has 2 atom stereocenters. The van der Waals surface area contributed by atoms with E-state index >= 15 is 0 Å².